The first-order valence-corrected chi connectivity index (χ1v) is 8.40. The van der Waals surface area contributed by atoms with Gasteiger partial charge in [-0.1, -0.05) is 18.2 Å². The van der Waals surface area contributed by atoms with Gasteiger partial charge in [0.2, 0.25) is 11.8 Å². The van der Waals surface area contributed by atoms with Crippen LogP contribution in [-0.4, -0.2) is 40.8 Å². The smallest absolute Gasteiger partial charge is 0.333 e. The summed E-state index contributed by atoms with van der Waals surface area (Å²) in [5, 5.41) is 20.9. The van der Waals surface area contributed by atoms with Gasteiger partial charge in [-0.2, -0.15) is 0 Å². The summed E-state index contributed by atoms with van der Waals surface area (Å²) < 4.78 is 0.602. The third-order valence-electron chi connectivity index (χ3n) is 4.21. The highest BCUT2D eigenvalue weighted by atomic mass is 16.7. The second-order valence-corrected chi connectivity index (χ2v) is 6.37. The van der Waals surface area contributed by atoms with Crippen molar-refractivity contribution in [2.75, 3.05) is 19.0 Å². The Morgan fingerprint density at radius 2 is 1.56 bits per heavy atom. The van der Waals surface area contributed by atoms with Crippen molar-refractivity contribution in [3.8, 4) is 11.8 Å². The number of fused-ring (bicyclic) bond motifs is 1. The Hall–Kier alpha value is -3.48. The Kier molecular flexibility index (Phi) is 5.03. The minimum Gasteiger partial charge on any atom is -0.492 e. The average Bonchev–Trinajstić information content (AvgIpc) is 2.97. The Morgan fingerprint density at radius 3 is 2.22 bits per heavy atom. The summed E-state index contributed by atoms with van der Waals surface area (Å²) in [7, 11) is 3.93. The number of hydrogen-bond acceptors (Lipinski definition) is 6. The number of aromatic nitrogens is 1. The van der Waals surface area contributed by atoms with Gasteiger partial charge in [-0.3, -0.25) is 4.79 Å². The zero-order chi connectivity index (χ0) is 19.6. The Morgan fingerprint density at radius 1 is 0.926 bits per heavy atom. The van der Waals surface area contributed by atoms with E-state index in [2.05, 4.69) is 0 Å². The molecule has 0 bridgehead atoms. The zero-order valence-electron chi connectivity index (χ0n) is 15.0. The van der Waals surface area contributed by atoms with Crippen LogP contribution in [0.15, 0.2) is 48.5 Å². The molecule has 0 atom stereocenters. The van der Waals surface area contributed by atoms with Crippen molar-refractivity contribution in [3.63, 3.8) is 0 Å². The number of benzene rings is 2. The molecule has 0 amide bonds. The Bertz CT molecular complexity index is 987. The van der Waals surface area contributed by atoms with Crippen LogP contribution >= 0.6 is 0 Å². The summed E-state index contributed by atoms with van der Waals surface area (Å²) in [5.74, 6) is -1.73. The molecule has 0 saturated carbocycles. The summed E-state index contributed by atoms with van der Waals surface area (Å²) in [6.07, 6.45) is -0.212. The maximum Gasteiger partial charge on any atom is 0.333 e. The number of carbonyl (C=O) groups is 2. The van der Waals surface area contributed by atoms with Crippen molar-refractivity contribution in [1.29, 1.82) is 0 Å². The summed E-state index contributed by atoms with van der Waals surface area (Å²) in [4.78, 5) is 31.1. The lowest BCUT2D eigenvalue weighted by Gasteiger charge is -2.13. The molecule has 140 valence electrons. The van der Waals surface area contributed by atoms with Gasteiger partial charge >= 0.3 is 5.97 Å². The zero-order valence-corrected chi connectivity index (χ0v) is 15.0. The first-order valence-electron chi connectivity index (χ1n) is 8.40. The van der Waals surface area contributed by atoms with Crippen molar-refractivity contribution < 1.29 is 24.6 Å². The van der Waals surface area contributed by atoms with E-state index < -0.39 is 17.7 Å². The first-order chi connectivity index (χ1) is 12.8. The molecular weight excluding hydrogens is 348 g/mol. The number of Topliss-reactive ketones (excluding diaryl/α,β-unsaturated/α-hetero) is 1. The van der Waals surface area contributed by atoms with E-state index in [4.69, 9.17) is 4.84 Å². The van der Waals surface area contributed by atoms with Gasteiger partial charge in [0.1, 0.15) is 0 Å². The van der Waals surface area contributed by atoms with E-state index >= 15 is 0 Å². The molecule has 0 unspecified atom stereocenters. The fourth-order valence-electron chi connectivity index (χ4n) is 2.69. The lowest BCUT2D eigenvalue weighted by molar-refractivity contribution is -0.145. The summed E-state index contributed by atoms with van der Waals surface area (Å²) in [5.41, 5.74) is 1.58. The molecule has 1 heterocycles. The van der Waals surface area contributed by atoms with Crippen LogP contribution in [0.2, 0.25) is 0 Å². The monoisotopic (exact) mass is 368 g/mol. The molecule has 2 aromatic carbocycles. The van der Waals surface area contributed by atoms with Gasteiger partial charge in [0, 0.05) is 43.9 Å². The van der Waals surface area contributed by atoms with Crippen LogP contribution in [0.4, 0.5) is 5.69 Å². The minimum atomic E-state index is -0.735. The third kappa shape index (κ3) is 4.03. The van der Waals surface area contributed by atoms with Gasteiger partial charge in [0.05, 0.1) is 6.42 Å². The number of nitrogens with zero attached hydrogens (tertiary/aromatic N) is 2. The van der Waals surface area contributed by atoms with E-state index in [-0.39, 0.29) is 18.6 Å². The van der Waals surface area contributed by atoms with Gasteiger partial charge in [0.25, 0.3) is 0 Å². The van der Waals surface area contributed by atoms with Gasteiger partial charge in [0.15, 0.2) is 5.78 Å². The van der Waals surface area contributed by atoms with Crippen LogP contribution in [0.5, 0.6) is 11.8 Å². The van der Waals surface area contributed by atoms with Crippen LogP contribution in [0.1, 0.15) is 23.2 Å². The molecule has 0 aliphatic carbocycles. The highest BCUT2D eigenvalue weighted by molar-refractivity contribution is 6.01. The summed E-state index contributed by atoms with van der Waals surface area (Å²) in [6.45, 7) is 0. The summed E-state index contributed by atoms with van der Waals surface area (Å²) >= 11 is 0. The number of hydrogen-bond donors (Lipinski definition) is 2. The van der Waals surface area contributed by atoms with Gasteiger partial charge in [-0.25, -0.2) is 4.79 Å². The van der Waals surface area contributed by atoms with Crippen LogP contribution < -0.4 is 9.74 Å². The van der Waals surface area contributed by atoms with Crippen LogP contribution in [0.3, 0.4) is 0 Å². The quantitative estimate of drug-likeness (QED) is 0.650. The molecule has 3 aromatic rings. The maximum atomic E-state index is 12.4. The number of anilines is 1. The molecule has 7 heteroatoms. The Labute approximate surface area is 156 Å². The van der Waals surface area contributed by atoms with Crippen molar-refractivity contribution in [2.24, 2.45) is 0 Å². The predicted molar refractivity (Wildman–Crippen MR) is 101 cm³/mol. The normalized spacial score (nSPS) is 10.7. The molecule has 2 N–H and O–H groups in total. The molecule has 0 aliphatic heterocycles. The largest absolute Gasteiger partial charge is 0.492 e. The van der Waals surface area contributed by atoms with E-state index in [9.17, 15) is 19.8 Å². The lowest BCUT2D eigenvalue weighted by Crippen LogP contribution is -2.19. The number of carbonyl (C=O) groups excluding carboxylic acids is 2. The van der Waals surface area contributed by atoms with E-state index in [1.807, 2.05) is 43.3 Å². The molecule has 1 aromatic heterocycles. The molecule has 27 heavy (non-hydrogen) atoms. The highest BCUT2D eigenvalue weighted by Gasteiger charge is 2.15. The van der Waals surface area contributed by atoms with Gasteiger partial charge < -0.3 is 20.0 Å². The topological polar surface area (TPSA) is 92.0 Å². The van der Waals surface area contributed by atoms with Crippen LogP contribution in [0.25, 0.3) is 10.8 Å². The van der Waals surface area contributed by atoms with E-state index in [0.29, 0.717) is 10.3 Å². The van der Waals surface area contributed by atoms with Crippen molar-refractivity contribution >= 4 is 28.2 Å². The number of aromatic hydroxyl groups is 2. The highest BCUT2D eigenvalue weighted by Crippen LogP contribution is 2.23. The SMILES string of the molecule is CN(C)c1ccc2cc(C(=O)CCC(=O)On3c(O)ccc3O)ccc2c1. The molecule has 0 saturated heterocycles. The predicted octanol–water partition coefficient (Wildman–Crippen LogP) is 2.74. The van der Waals surface area contributed by atoms with E-state index in [1.54, 1.807) is 12.1 Å². The molecule has 0 aliphatic rings. The molecule has 0 spiro atoms. The molecule has 7 nitrogen and oxygen atoms in total. The first kappa shape index (κ1) is 18.3. The van der Waals surface area contributed by atoms with Gasteiger partial charge in [-0.05, 0) is 29.0 Å². The van der Waals surface area contributed by atoms with E-state index in [1.165, 1.54) is 12.1 Å². The van der Waals surface area contributed by atoms with E-state index in [0.717, 1.165) is 16.5 Å². The molecule has 0 fully saturated rings. The van der Waals surface area contributed by atoms with Crippen molar-refractivity contribution in [1.82, 2.24) is 4.73 Å². The van der Waals surface area contributed by atoms with Crippen LogP contribution in [0, 0.1) is 0 Å². The lowest BCUT2D eigenvalue weighted by atomic mass is 10.0. The molecular formula is C20H20N2O5. The third-order valence-corrected chi connectivity index (χ3v) is 4.21. The fraction of sp³-hybridized carbons (Fsp3) is 0.200. The summed E-state index contributed by atoms with van der Waals surface area (Å²) in [6, 6.07) is 13.7. The Balaban J connectivity index is 1.65. The number of rotatable bonds is 6. The van der Waals surface area contributed by atoms with Crippen molar-refractivity contribution in [2.45, 2.75) is 12.8 Å². The van der Waals surface area contributed by atoms with Crippen molar-refractivity contribution in [3.05, 3.63) is 54.1 Å². The molecule has 3 rings (SSSR count). The fourth-order valence-corrected chi connectivity index (χ4v) is 2.69. The standard InChI is InChI=1S/C20H20N2O5/c1-21(2)16-6-5-13-11-15(4-3-14(13)12-16)17(23)7-10-20(26)27-22-18(24)8-9-19(22)25/h3-6,8-9,11-12,24-25H,7,10H2,1-2H3. The number of ketones is 1. The maximum absolute atomic E-state index is 12.4. The van der Waals surface area contributed by atoms with Crippen LogP contribution in [-0.2, 0) is 4.79 Å². The second kappa shape index (κ2) is 7.41. The molecule has 0 radical (unpaired) electrons. The average molecular weight is 368 g/mol. The second-order valence-electron chi connectivity index (χ2n) is 6.37. The minimum absolute atomic E-state index is 0.0388. The van der Waals surface area contributed by atoms with Gasteiger partial charge in [-0.15, -0.1) is 4.73 Å².